The van der Waals surface area contributed by atoms with Gasteiger partial charge in [0, 0.05) is 18.8 Å². The Bertz CT molecular complexity index is 639. The summed E-state index contributed by atoms with van der Waals surface area (Å²) in [6.07, 6.45) is 1.61. The highest BCUT2D eigenvalue weighted by Gasteiger charge is 2.13. The van der Waals surface area contributed by atoms with Crippen molar-refractivity contribution in [1.29, 1.82) is 0 Å². The third-order valence-electron chi connectivity index (χ3n) is 2.28. The Morgan fingerprint density at radius 1 is 1.50 bits per heavy atom. The van der Waals surface area contributed by atoms with Gasteiger partial charge in [0.1, 0.15) is 15.9 Å². The van der Waals surface area contributed by atoms with Crippen LogP contribution in [0.2, 0.25) is 5.02 Å². The number of rotatable bonds is 5. The highest BCUT2D eigenvalue weighted by Crippen LogP contribution is 2.32. The van der Waals surface area contributed by atoms with E-state index in [0.717, 1.165) is 0 Å². The first kappa shape index (κ1) is 14.5. The van der Waals surface area contributed by atoms with Crippen molar-refractivity contribution in [3.05, 3.63) is 45.6 Å². The number of anilines is 1. The first-order valence-electron chi connectivity index (χ1n) is 5.79. The van der Waals surface area contributed by atoms with Crippen LogP contribution in [-0.2, 0) is 0 Å². The van der Waals surface area contributed by atoms with Gasteiger partial charge in [0.05, 0.1) is 16.0 Å². The summed E-state index contributed by atoms with van der Waals surface area (Å²) in [4.78, 5) is 18.9. The maximum absolute atomic E-state index is 10.9. The van der Waals surface area contributed by atoms with Gasteiger partial charge in [-0.05, 0) is 30.8 Å². The summed E-state index contributed by atoms with van der Waals surface area (Å²) >= 11 is 7.20. The Morgan fingerprint density at radius 3 is 2.95 bits per heavy atom. The molecule has 1 N–H and O–H groups in total. The molecule has 0 amide bonds. The normalized spacial score (nSPS) is 10.3. The first-order valence-corrected chi connectivity index (χ1v) is 6.98. The highest BCUT2D eigenvalue weighted by molar-refractivity contribution is 7.99. The number of hydrogen-bond acceptors (Lipinski definition) is 6. The number of nitro groups is 1. The number of halogens is 1. The van der Waals surface area contributed by atoms with Gasteiger partial charge in [0.2, 0.25) is 0 Å². The molecule has 8 heteroatoms. The minimum Gasteiger partial charge on any atom is -0.370 e. The smallest absolute Gasteiger partial charge is 0.275 e. The fourth-order valence-corrected chi connectivity index (χ4v) is 2.50. The van der Waals surface area contributed by atoms with E-state index in [1.807, 2.05) is 6.92 Å². The van der Waals surface area contributed by atoms with Crippen molar-refractivity contribution >= 4 is 34.9 Å². The predicted octanol–water partition coefficient (Wildman–Crippen LogP) is 3.62. The average Bonchev–Trinajstić information content (AvgIpc) is 2.41. The van der Waals surface area contributed by atoms with Gasteiger partial charge >= 0.3 is 0 Å². The molecule has 2 heterocycles. The topological polar surface area (TPSA) is 81.0 Å². The van der Waals surface area contributed by atoms with E-state index in [2.05, 4.69) is 15.3 Å². The van der Waals surface area contributed by atoms with E-state index in [-0.39, 0.29) is 5.69 Å². The predicted molar refractivity (Wildman–Crippen MR) is 78.4 cm³/mol. The van der Waals surface area contributed by atoms with Crippen LogP contribution in [0.15, 0.2) is 40.5 Å². The Morgan fingerprint density at radius 2 is 2.30 bits per heavy atom. The molecule has 0 bridgehead atoms. The Balaban J connectivity index is 2.35. The molecule has 0 spiro atoms. The maximum atomic E-state index is 10.9. The lowest BCUT2D eigenvalue weighted by Crippen LogP contribution is -2.01. The number of nitrogens with one attached hydrogen (secondary N) is 1. The summed E-state index contributed by atoms with van der Waals surface area (Å²) in [5.41, 5.74) is -0.0227. The zero-order chi connectivity index (χ0) is 14.5. The lowest BCUT2D eigenvalue weighted by atomic mass is 10.4. The number of hydrogen-bond donors (Lipinski definition) is 1. The molecule has 0 fully saturated rings. The molecule has 0 saturated heterocycles. The number of pyridine rings is 2. The second-order valence-electron chi connectivity index (χ2n) is 3.73. The van der Waals surface area contributed by atoms with E-state index in [4.69, 9.17) is 11.6 Å². The maximum Gasteiger partial charge on any atom is 0.275 e. The molecular weight excluding hydrogens is 300 g/mol. The SMILES string of the molecule is CCNc1cc([N+](=O)[O-])cc(Sc2ncccc2Cl)n1. The quantitative estimate of drug-likeness (QED) is 0.671. The summed E-state index contributed by atoms with van der Waals surface area (Å²) in [7, 11) is 0. The molecule has 0 aliphatic rings. The largest absolute Gasteiger partial charge is 0.370 e. The minimum atomic E-state index is -0.452. The summed E-state index contributed by atoms with van der Waals surface area (Å²) in [6.45, 7) is 2.52. The molecule has 2 aromatic rings. The van der Waals surface area contributed by atoms with Crippen LogP contribution < -0.4 is 5.32 Å². The zero-order valence-electron chi connectivity index (χ0n) is 10.5. The van der Waals surface area contributed by atoms with Crippen LogP contribution in [-0.4, -0.2) is 21.4 Å². The third-order valence-corrected chi connectivity index (χ3v) is 3.64. The van der Waals surface area contributed by atoms with Crippen molar-refractivity contribution < 1.29 is 4.92 Å². The molecule has 6 nitrogen and oxygen atoms in total. The van der Waals surface area contributed by atoms with Crippen LogP contribution in [0.1, 0.15) is 6.92 Å². The van der Waals surface area contributed by atoms with Crippen LogP contribution in [0, 0.1) is 10.1 Å². The van der Waals surface area contributed by atoms with E-state index < -0.39 is 4.92 Å². The molecule has 0 radical (unpaired) electrons. The molecule has 2 aromatic heterocycles. The molecule has 20 heavy (non-hydrogen) atoms. The Labute approximate surface area is 124 Å². The molecular formula is C12H11ClN4O2S. The van der Waals surface area contributed by atoms with Crippen molar-refractivity contribution in [2.75, 3.05) is 11.9 Å². The second-order valence-corrected chi connectivity index (χ2v) is 5.15. The van der Waals surface area contributed by atoms with Gasteiger partial charge in [-0.25, -0.2) is 9.97 Å². The van der Waals surface area contributed by atoms with Crippen molar-refractivity contribution in [1.82, 2.24) is 9.97 Å². The van der Waals surface area contributed by atoms with Crippen molar-refractivity contribution in [3.8, 4) is 0 Å². The van der Waals surface area contributed by atoms with Gasteiger partial charge in [-0.15, -0.1) is 0 Å². The van der Waals surface area contributed by atoms with Crippen LogP contribution >= 0.6 is 23.4 Å². The average molecular weight is 311 g/mol. The number of nitrogens with zero attached hydrogens (tertiary/aromatic N) is 3. The van der Waals surface area contributed by atoms with Crippen molar-refractivity contribution in [2.24, 2.45) is 0 Å². The minimum absolute atomic E-state index is 0.0227. The Hall–Kier alpha value is -1.86. The van der Waals surface area contributed by atoms with Gasteiger partial charge in [0.15, 0.2) is 0 Å². The van der Waals surface area contributed by atoms with Gasteiger partial charge < -0.3 is 5.32 Å². The molecule has 0 saturated carbocycles. The third kappa shape index (κ3) is 3.58. The van der Waals surface area contributed by atoms with E-state index in [1.165, 1.54) is 23.9 Å². The second kappa shape index (κ2) is 6.53. The van der Waals surface area contributed by atoms with Gasteiger partial charge in [-0.3, -0.25) is 10.1 Å². The fraction of sp³-hybridized carbons (Fsp3) is 0.167. The lowest BCUT2D eigenvalue weighted by molar-refractivity contribution is -0.385. The molecule has 0 aromatic carbocycles. The zero-order valence-corrected chi connectivity index (χ0v) is 12.1. The highest BCUT2D eigenvalue weighted by atomic mass is 35.5. The van der Waals surface area contributed by atoms with E-state index in [9.17, 15) is 10.1 Å². The van der Waals surface area contributed by atoms with Crippen LogP contribution in [0.4, 0.5) is 11.5 Å². The Kier molecular flexibility index (Phi) is 4.75. The molecule has 0 aliphatic carbocycles. The van der Waals surface area contributed by atoms with Gasteiger partial charge in [-0.1, -0.05) is 11.6 Å². The molecule has 104 valence electrons. The summed E-state index contributed by atoms with van der Waals surface area (Å²) in [5.74, 6) is 0.455. The molecule has 0 aliphatic heterocycles. The fourth-order valence-electron chi connectivity index (χ4n) is 1.47. The van der Waals surface area contributed by atoms with Crippen LogP contribution in [0.25, 0.3) is 0 Å². The van der Waals surface area contributed by atoms with Crippen molar-refractivity contribution in [2.45, 2.75) is 17.0 Å². The standard InChI is InChI=1S/C12H11ClN4O2S/c1-2-14-10-6-8(17(18)19)7-11(16-10)20-12-9(13)4-3-5-15-12/h3-7H,2H2,1H3,(H,14,16). The molecule has 2 rings (SSSR count). The van der Waals surface area contributed by atoms with Crippen LogP contribution in [0.5, 0.6) is 0 Å². The van der Waals surface area contributed by atoms with E-state index in [1.54, 1.807) is 18.3 Å². The lowest BCUT2D eigenvalue weighted by Gasteiger charge is -2.06. The summed E-state index contributed by atoms with van der Waals surface area (Å²) in [6, 6.07) is 6.22. The first-order chi connectivity index (χ1) is 9.60. The summed E-state index contributed by atoms with van der Waals surface area (Å²) < 4.78 is 0. The molecule has 0 unspecified atom stereocenters. The number of aromatic nitrogens is 2. The monoisotopic (exact) mass is 310 g/mol. The van der Waals surface area contributed by atoms with E-state index >= 15 is 0 Å². The molecule has 0 atom stereocenters. The van der Waals surface area contributed by atoms with Gasteiger partial charge in [0.25, 0.3) is 5.69 Å². The summed E-state index contributed by atoms with van der Waals surface area (Å²) in [5, 5.41) is 15.4. The van der Waals surface area contributed by atoms with Crippen molar-refractivity contribution in [3.63, 3.8) is 0 Å². The van der Waals surface area contributed by atoms with E-state index in [0.29, 0.717) is 27.4 Å². The van der Waals surface area contributed by atoms with Gasteiger partial charge in [-0.2, -0.15) is 0 Å². The van der Waals surface area contributed by atoms with Crippen LogP contribution in [0.3, 0.4) is 0 Å².